The van der Waals surface area contributed by atoms with Crippen molar-refractivity contribution in [2.45, 2.75) is 18.9 Å². The number of hydrogen-bond donors (Lipinski definition) is 0. The van der Waals surface area contributed by atoms with Crippen LogP contribution in [0, 0.1) is 5.82 Å². The van der Waals surface area contributed by atoms with E-state index >= 15 is 0 Å². The molecule has 1 fully saturated rings. The van der Waals surface area contributed by atoms with Crippen LogP contribution in [0.4, 0.5) is 4.39 Å². The number of aromatic nitrogens is 2. The molecule has 5 nitrogen and oxygen atoms in total. The molecule has 1 amide bonds. The first-order valence-electron chi connectivity index (χ1n) is 8.84. The van der Waals surface area contributed by atoms with Crippen LogP contribution in [-0.4, -0.2) is 27.5 Å². The van der Waals surface area contributed by atoms with Crippen LogP contribution in [0.2, 0.25) is 0 Å². The van der Waals surface area contributed by atoms with Crippen LogP contribution in [0.5, 0.6) is 0 Å². The summed E-state index contributed by atoms with van der Waals surface area (Å²) in [4.78, 5) is 18.8. The molecule has 27 heavy (non-hydrogen) atoms. The number of benzene rings is 2. The summed E-state index contributed by atoms with van der Waals surface area (Å²) in [5.74, 6) is 0.403. The zero-order valence-corrected chi connectivity index (χ0v) is 14.6. The third-order valence-electron chi connectivity index (χ3n) is 4.58. The van der Waals surface area contributed by atoms with Crippen LogP contribution < -0.4 is 0 Å². The van der Waals surface area contributed by atoms with Crippen molar-refractivity contribution in [2.24, 2.45) is 0 Å². The highest BCUT2D eigenvalue weighted by Gasteiger charge is 2.33. The molecular weight excluding hydrogens is 345 g/mol. The Morgan fingerprint density at radius 1 is 1.15 bits per heavy atom. The zero-order valence-electron chi connectivity index (χ0n) is 14.6. The zero-order chi connectivity index (χ0) is 18.6. The normalized spacial score (nSPS) is 16.9. The molecule has 1 aliphatic heterocycles. The molecule has 2 heterocycles. The quantitative estimate of drug-likeness (QED) is 0.650. The average molecular weight is 363 g/mol. The van der Waals surface area contributed by atoms with Crippen molar-refractivity contribution in [3.8, 4) is 11.4 Å². The molecule has 0 spiro atoms. The van der Waals surface area contributed by atoms with E-state index in [-0.39, 0.29) is 17.8 Å². The molecule has 0 aliphatic carbocycles. The van der Waals surface area contributed by atoms with E-state index < -0.39 is 0 Å². The van der Waals surface area contributed by atoms with Gasteiger partial charge < -0.3 is 9.42 Å². The fraction of sp³-hybridized carbons (Fsp3) is 0.190. The maximum atomic E-state index is 13.1. The summed E-state index contributed by atoms with van der Waals surface area (Å²) in [6.07, 6.45) is 5.03. The summed E-state index contributed by atoms with van der Waals surface area (Å²) < 4.78 is 18.5. The number of carbonyl (C=O) groups excluding carboxylic acids is 1. The summed E-state index contributed by atoms with van der Waals surface area (Å²) in [5, 5.41) is 3.98. The van der Waals surface area contributed by atoms with Gasteiger partial charge in [0.2, 0.25) is 17.6 Å². The first kappa shape index (κ1) is 17.1. The SMILES string of the molecule is O=C(/C=C/c1ccccc1)N1CCCC1c1nc(-c2ccc(F)cc2)no1. The number of likely N-dealkylation sites (tertiary alicyclic amines) is 1. The molecule has 0 saturated carbocycles. The second-order valence-electron chi connectivity index (χ2n) is 6.40. The highest BCUT2D eigenvalue weighted by atomic mass is 19.1. The fourth-order valence-electron chi connectivity index (χ4n) is 3.20. The largest absolute Gasteiger partial charge is 0.337 e. The van der Waals surface area contributed by atoms with Gasteiger partial charge in [-0.15, -0.1) is 0 Å². The van der Waals surface area contributed by atoms with Crippen LogP contribution in [0.3, 0.4) is 0 Å². The van der Waals surface area contributed by atoms with Crippen LogP contribution in [-0.2, 0) is 4.79 Å². The summed E-state index contributed by atoms with van der Waals surface area (Å²) >= 11 is 0. The second kappa shape index (κ2) is 7.53. The molecule has 1 atom stereocenters. The van der Waals surface area contributed by atoms with Gasteiger partial charge in [0.15, 0.2) is 0 Å². The molecule has 0 bridgehead atoms. The van der Waals surface area contributed by atoms with Gasteiger partial charge in [-0.2, -0.15) is 4.98 Å². The van der Waals surface area contributed by atoms with E-state index in [2.05, 4.69) is 10.1 Å². The van der Waals surface area contributed by atoms with Crippen molar-refractivity contribution < 1.29 is 13.7 Å². The standard InChI is InChI=1S/C21H18FN3O2/c22-17-11-9-16(10-12-17)20-23-21(27-24-20)18-7-4-14-25(18)19(26)13-8-15-5-2-1-3-6-15/h1-3,5-6,8-13,18H,4,7,14H2/b13-8+. The van der Waals surface area contributed by atoms with Crippen molar-refractivity contribution in [1.29, 1.82) is 0 Å². The Bertz CT molecular complexity index is 951. The molecule has 0 N–H and O–H groups in total. The van der Waals surface area contributed by atoms with Gasteiger partial charge in [0.05, 0.1) is 0 Å². The minimum absolute atomic E-state index is 0.0807. The van der Waals surface area contributed by atoms with Crippen LogP contribution >= 0.6 is 0 Å². The Labute approximate surface area is 156 Å². The molecule has 136 valence electrons. The van der Waals surface area contributed by atoms with E-state index in [1.807, 2.05) is 30.3 Å². The van der Waals surface area contributed by atoms with Crippen molar-refractivity contribution in [3.63, 3.8) is 0 Å². The van der Waals surface area contributed by atoms with Crippen LogP contribution in [0.1, 0.15) is 30.3 Å². The molecule has 1 unspecified atom stereocenters. The van der Waals surface area contributed by atoms with Gasteiger partial charge in [-0.05, 0) is 48.7 Å². The topological polar surface area (TPSA) is 59.2 Å². The maximum Gasteiger partial charge on any atom is 0.249 e. The molecule has 2 aromatic carbocycles. The first-order chi connectivity index (χ1) is 13.2. The molecular formula is C21H18FN3O2. The molecule has 4 rings (SSSR count). The monoisotopic (exact) mass is 363 g/mol. The lowest BCUT2D eigenvalue weighted by atomic mass is 10.2. The number of rotatable bonds is 4. The third-order valence-corrected chi connectivity index (χ3v) is 4.58. The van der Waals surface area contributed by atoms with Crippen molar-refractivity contribution >= 4 is 12.0 Å². The van der Waals surface area contributed by atoms with E-state index in [1.54, 1.807) is 29.2 Å². The maximum absolute atomic E-state index is 13.1. The molecule has 6 heteroatoms. The van der Waals surface area contributed by atoms with Gasteiger partial charge in [-0.25, -0.2) is 4.39 Å². The van der Waals surface area contributed by atoms with Gasteiger partial charge in [0.25, 0.3) is 0 Å². The van der Waals surface area contributed by atoms with Crippen molar-refractivity contribution in [3.05, 3.63) is 77.9 Å². The third kappa shape index (κ3) is 3.79. The van der Waals surface area contributed by atoms with E-state index in [0.29, 0.717) is 23.8 Å². The van der Waals surface area contributed by atoms with Crippen molar-refractivity contribution in [1.82, 2.24) is 15.0 Å². The van der Waals surface area contributed by atoms with Gasteiger partial charge in [0, 0.05) is 18.2 Å². The highest BCUT2D eigenvalue weighted by Crippen LogP contribution is 2.32. The van der Waals surface area contributed by atoms with Crippen LogP contribution in [0.25, 0.3) is 17.5 Å². The van der Waals surface area contributed by atoms with E-state index in [9.17, 15) is 9.18 Å². The van der Waals surface area contributed by atoms with Crippen LogP contribution in [0.15, 0.2) is 65.2 Å². The van der Waals surface area contributed by atoms with Gasteiger partial charge in [0.1, 0.15) is 11.9 Å². The first-order valence-corrected chi connectivity index (χ1v) is 8.84. The predicted octanol–water partition coefficient (Wildman–Crippen LogP) is 4.25. The molecule has 1 aromatic heterocycles. The minimum atomic E-state index is -0.319. The van der Waals surface area contributed by atoms with E-state index in [0.717, 1.165) is 18.4 Å². The lowest BCUT2D eigenvalue weighted by Crippen LogP contribution is -2.29. The molecule has 1 aliphatic rings. The van der Waals surface area contributed by atoms with E-state index in [4.69, 9.17) is 4.52 Å². The van der Waals surface area contributed by atoms with Crippen molar-refractivity contribution in [2.75, 3.05) is 6.54 Å². The lowest BCUT2D eigenvalue weighted by molar-refractivity contribution is -0.127. The minimum Gasteiger partial charge on any atom is -0.337 e. The van der Waals surface area contributed by atoms with Gasteiger partial charge in [-0.1, -0.05) is 35.5 Å². The smallest absolute Gasteiger partial charge is 0.249 e. The molecule has 1 saturated heterocycles. The Kier molecular flexibility index (Phi) is 4.78. The number of amides is 1. The number of carbonyl (C=O) groups is 1. The van der Waals surface area contributed by atoms with Gasteiger partial charge >= 0.3 is 0 Å². The average Bonchev–Trinajstić information content (AvgIpc) is 3.37. The predicted molar refractivity (Wildman–Crippen MR) is 98.9 cm³/mol. The summed E-state index contributed by atoms with van der Waals surface area (Å²) in [6, 6.07) is 15.3. The summed E-state index contributed by atoms with van der Waals surface area (Å²) in [6.45, 7) is 0.650. The fourth-order valence-corrected chi connectivity index (χ4v) is 3.20. The Morgan fingerprint density at radius 3 is 2.70 bits per heavy atom. The molecule has 0 radical (unpaired) electrons. The Hall–Kier alpha value is -3.28. The lowest BCUT2D eigenvalue weighted by Gasteiger charge is -2.20. The number of nitrogens with zero attached hydrogens (tertiary/aromatic N) is 3. The summed E-state index contributed by atoms with van der Waals surface area (Å²) in [5.41, 5.74) is 1.64. The Morgan fingerprint density at radius 2 is 1.93 bits per heavy atom. The summed E-state index contributed by atoms with van der Waals surface area (Å²) in [7, 11) is 0. The number of halogens is 1. The Balaban J connectivity index is 1.50. The van der Waals surface area contributed by atoms with Gasteiger partial charge in [-0.3, -0.25) is 4.79 Å². The molecule has 3 aromatic rings. The van der Waals surface area contributed by atoms with E-state index in [1.165, 1.54) is 12.1 Å². The highest BCUT2D eigenvalue weighted by molar-refractivity contribution is 5.92. The second-order valence-corrected chi connectivity index (χ2v) is 6.40. The number of hydrogen-bond acceptors (Lipinski definition) is 4.